The Labute approximate surface area is 193 Å². The lowest BCUT2D eigenvalue weighted by Crippen LogP contribution is -2.34. The Kier molecular flexibility index (Phi) is 6.74. The van der Waals surface area contributed by atoms with Crippen molar-refractivity contribution in [3.63, 3.8) is 0 Å². The zero-order valence-corrected chi connectivity index (χ0v) is 18.5. The Hall–Kier alpha value is -2.23. The lowest BCUT2D eigenvalue weighted by molar-refractivity contribution is -0.184. The number of benzene rings is 2. The van der Waals surface area contributed by atoms with E-state index in [9.17, 15) is 4.79 Å². The van der Waals surface area contributed by atoms with Gasteiger partial charge >= 0.3 is 6.09 Å². The highest BCUT2D eigenvalue weighted by Gasteiger charge is 2.45. The molecule has 1 amide bonds. The molecule has 0 saturated carbocycles. The number of aromatic nitrogens is 2. The molecule has 0 radical (unpaired) electrons. The lowest BCUT2D eigenvalue weighted by atomic mass is 10.1. The zero-order chi connectivity index (χ0) is 21.8. The summed E-state index contributed by atoms with van der Waals surface area (Å²) in [5, 5.41) is 12.1. The minimum atomic E-state index is -1.09. The van der Waals surface area contributed by atoms with Crippen molar-refractivity contribution < 1.29 is 19.4 Å². The van der Waals surface area contributed by atoms with Gasteiger partial charge in [0.1, 0.15) is 0 Å². The summed E-state index contributed by atoms with van der Waals surface area (Å²) in [6.45, 7) is 0.796. The van der Waals surface area contributed by atoms with Crippen molar-refractivity contribution in [1.82, 2.24) is 9.55 Å². The van der Waals surface area contributed by atoms with Crippen LogP contribution in [0.25, 0.3) is 0 Å². The third kappa shape index (κ3) is 5.34. The second kappa shape index (κ2) is 9.50. The van der Waals surface area contributed by atoms with Gasteiger partial charge < -0.3 is 19.1 Å². The van der Waals surface area contributed by atoms with Crippen LogP contribution in [0.3, 0.4) is 0 Å². The van der Waals surface area contributed by atoms with Crippen molar-refractivity contribution in [2.45, 2.75) is 23.3 Å². The number of ether oxygens (including phenoxy) is 2. The quantitative estimate of drug-likeness (QED) is 0.444. The fourth-order valence-corrected chi connectivity index (χ4v) is 4.75. The SMILES string of the molecule is O=C(O)Nc1ccc(SCC2COC(Cn3ccnc3)(c3ccc(Cl)cc3Cl)O2)cc1. The predicted octanol–water partition coefficient (Wildman–Crippen LogP) is 5.34. The third-order valence-corrected chi connectivity index (χ3v) is 6.38. The predicted molar refractivity (Wildman–Crippen MR) is 120 cm³/mol. The Balaban J connectivity index is 1.47. The number of rotatable bonds is 7. The molecule has 3 aromatic rings. The van der Waals surface area contributed by atoms with E-state index in [0.29, 0.717) is 40.2 Å². The van der Waals surface area contributed by atoms with Gasteiger partial charge in [-0.25, -0.2) is 9.78 Å². The molecule has 7 nitrogen and oxygen atoms in total. The van der Waals surface area contributed by atoms with Gasteiger partial charge in [-0.2, -0.15) is 0 Å². The Bertz CT molecular complexity index is 1050. The van der Waals surface area contributed by atoms with Gasteiger partial charge in [-0.05, 0) is 36.4 Å². The number of anilines is 1. The van der Waals surface area contributed by atoms with Crippen molar-refractivity contribution in [3.8, 4) is 0 Å². The smallest absolute Gasteiger partial charge is 0.409 e. The molecule has 1 fully saturated rings. The highest BCUT2D eigenvalue weighted by atomic mass is 35.5. The van der Waals surface area contributed by atoms with Crippen LogP contribution in [0.15, 0.2) is 66.1 Å². The van der Waals surface area contributed by atoms with Crippen LogP contribution in [0.4, 0.5) is 10.5 Å². The maximum atomic E-state index is 10.7. The lowest BCUT2D eigenvalue weighted by Gasteiger charge is -2.30. The van der Waals surface area contributed by atoms with Gasteiger partial charge in [-0.3, -0.25) is 5.32 Å². The van der Waals surface area contributed by atoms with Crippen LogP contribution >= 0.6 is 35.0 Å². The molecule has 0 spiro atoms. The summed E-state index contributed by atoms with van der Waals surface area (Å²) in [7, 11) is 0. The minimum Gasteiger partial charge on any atom is -0.465 e. The first-order valence-electron chi connectivity index (χ1n) is 9.39. The van der Waals surface area contributed by atoms with E-state index in [2.05, 4.69) is 10.3 Å². The van der Waals surface area contributed by atoms with Crippen LogP contribution in [0.2, 0.25) is 10.0 Å². The summed E-state index contributed by atoms with van der Waals surface area (Å²) in [6.07, 6.45) is 3.98. The molecule has 1 aromatic heterocycles. The van der Waals surface area contributed by atoms with Crippen LogP contribution < -0.4 is 5.32 Å². The van der Waals surface area contributed by atoms with Crippen molar-refractivity contribution in [2.24, 2.45) is 0 Å². The number of hydrogen-bond acceptors (Lipinski definition) is 5. The molecule has 162 valence electrons. The second-order valence-corrected chi connectivity index (χ2v) is 8.87. The van der Waals surface area contributed by atoms with Gasteiger partial charge in [0.15, 0.2) is 0 Å². The van der Waals surface area contributed by atoms with Crippen molar-refractivity contribution in [1.29, 1.82) is 0 Å². The molecule has 2 unspecified atom stereocenters. The average Bonchev–Trinajstić information content (AvgIpc) is 3.38. The van der Waals surface area contributed by atoms with E-state index in [-0.39, 0.29) is 6.10 Å². The van der Waals surface area contributed by atoms with E-state index < -0.39 is 11.9 Å². The van der Waals surface area contributed by atoms with Crippen LogP contribution in [0.5, 0.6) is 0 Å². The summed E-state index contributed by atoms with van der Waals surface area (Å²) in [5.74, 6) is -0.397. The average molecular weight is 480 g/mol. The number of amides is 1. The fourth-order valence-electron chi connectivity index (χ4n) is 3.32. The largest absolute Gasteiger partial charge is 0.465 e. The maximum absolute atomic E-state index is 10.7. The van der Waals surface area contributed by atoms with Gasteiger partial charge in [0.2, 0.25) is 5.79 Å². The zero-order valence-electron chi connectivity index (χ0n) is 16.2. The highest BCUT2D eigenvalue weighted by Crippen LogP contribution is 2.41. The minimum absolute atomic E-state index is 0.169. The molecule has 0 bridgehead atoms. The van der Waals surface area contributed by atoms with Gasteiger partial charge in [0.25, 0.3) is 0 Å². The van der Waals surface area contributed by atoms with Crippen LogP contribution in [-0.4, -0.2) is 39.2 Å². The Morgan fingerprint density at radius 2 is 2.10 bits per heavy atom. The summed E-state index contributed by atoms with van der Waals surface area (Å²) in [4.78, 5) is 15.8. The third-order valence-electron chi connectivity index (χ3n) is 4.69. The highest BCUT2D eigenvalue weighted by molar-refractivity contribution is 7.99. The van der Waals surface area contributed by atoms with Gasteiger partial charge in [0, 0.05) is 39.3 Å². The molecule has 2 heterocycles. The van der Waals surface area contributed by atoms with Crippen LogP contribution in [-0.2, 0) is 21.8 Å². The van der Waals surface area contributed by atoms with E-state index in [1.165, 1.54) is 0 Å². The van der Waals surface area contributed by atoms with Crippen molar-refractivity contribution in [3.05, 3.63) is 76.8 Å². The second-order valence-electron chi connectivity index (χ2n) is 6.93. The molecule has 31 heavy (non-hydrogen) atoms. The summed E-state index contributed by atoms with van der Waals surface area (Å²) < 4.78 is 14.5. The number of carbonyl (C=O) groups is 1. The van der Waals surface area contributed by atoms with E-state index in [4.69, 9.17) is 37.8 Å². The first kappa shape index (κ1) is 22.0. The number of carboxylic acid groups (broad SMARTS) is 1. The molecule has 4 rings (SSSR count). The van der Waals surface area contributed by atoms with E-state index in [1.54, 1.807) is 48.6 Å². The molecule has 2 atom stereocenters. The summed E-state index contributed by atoms with van der Waals surface area (Å²) in [6, 6.07) is 12.4. The summed E-state index contributed by atoms with van der Waals surface area (Å²) in [5.41, 5.74) is 1.23. The Morgan fingerprint density at radius 1 is 1.29 bits per heavy atom. The van der Waals surface area contributed by atoms with E-state index in [1.807, 2.05) is 29.0 Å². The first-order valence-corrected chi connectivity index (χ1v) is 11.1. The van der Waals surface area contributed by atoms with E-state index >= 15 is 0 Å². The molecule has 1 aliphatic heterocycles. The first-order chi connectivity index (χ1) is 14.9. The molecule has 1 saturated heterocycles. The van der Waals surface area contributed by atoms with Gasteiger partial charge in [0.05, 0.1) is 30.6 Å². The molecular formula is C21H19Cl2N3O4S. The molecular weight excluding hydrogens is 461 g/mol. The fraction of sp³-hybridized carbons (Fsp3) is 0.238. The molecule has 2 aromatic carbocycles. The topological polar surface area (TPSA) is 85.6 Å². The van der Waals surface area contributed by atoms with Crippen molar-refractivity contribution >= 4 is 46.7 Å². The van der Waals surface area contributed by atoms with E-state index in [0.717, 1.165) is 4.90 Å². The van der Waals surface area contributed by atoms with Crippen LogP contribution in [0.1, 0.15) is 5.56 Å². The molecule has 2 N–H and O–H groups in total. The maximum Gasteiger partial charge on any atom is 0.409 e. The molecule has 1 aliphatic rings. The number of hydrogen-bond donors (Lipinski definition) is 2. The number of nitrogens with one attached hydrogen (secondary N) is 1. The molecule has 10 heteroatoms. The number of imidazole rings is 1. The summed E-state index contributed by atoms with van der Waals surface area (Å²) >= 11 is 14.2. The molecule has 0 aliphatic carbocycles. The Morgan fingerprint density at radius 3 is 2.77 bits per heavy atom. The van der Waals surface area contributed by atoms with Gasteiger partial charge in [-0.1, -0.05) is 29.3 Å². The number of halogens is 2. The number of nitrogens with zero attached hydrogens (tertiary/aromatic N) is 2. The monoisotopic (exact) mass is 479 g/mol. The van der Waals surface area contributed by atoms with Crippen molar-refractivity contribution in [2.75, 3.05) is 17.7 Å². The standard InChI is InChI=1S/C21H19Cl2N3O4S/c22-14-1-6-18(19(23)9-14)21(12-26-8-7-24-13-26)29-10-16(30-21)11-31-17-4-2-15(3-5-17)25-20(27)28/h1-9,13,16,25H,10-12H2,(H,27,28). The van der Waals surface area contributed by atoms with Gasteiger partial charge in [-0.15, -0.1) is 11.8 Å². The normalized spacial score (nSPS) is 20.6. The van der Waals surface area contributed by atoms with Crippen LogP contribution in [0, 0.1) is 0 Å². The number of thioether (sulfide) groups is 1.